The molecule has 3 N–H and O–H groups in total. The highest BCUT2D eigenvalue weighted by Gasteiger charge is 2.54. The van der Waals surface area contributed by atoms with E-state index in [1.807, 2.05) is 5.10 Å². The highest BCUT2D eigenvalue weighted by atomic mass is 19.4. The van der Waals surface area contributed by atoms with E-state index in [4.69, 9.17) is 5.73 Å². The maximum Gasteiger partial charge on any atom is 0.433 e. The van der Waals surface area contributed by atoms with Crippen LogP contribution in [0.2, 0.25) is 0 Å². The molecule has 1 saturated carbocycles. The number of hydrogen-bond donors (Lipinski definition) is 2. The molecule has 3 nitrogen and oxygen atoms in total. The fourth-order valence-corrected chi connectivity index (χ4v) is 2.00. The molecule has 0 atom stereocenters. The molecule has 0 aromatic carbocycles. The summed E-state index contributed by atoms with van der Waals surface area (Å²) < 4.78 is 38.1. The van der Waals surface area contributed by atoms with Gasteiger partial charge in [-0.25, -0.2) is 0 Å². The Morgan fingerprint density at radius 2 is 1.94 bits per heavy atom. The van der Waals surface area contributed by atoms with Crippen LogP contribution in [0.3, 0.4) is 0 Å². The number of nitrogens with one attached hydrogen (secondary N) is 1. The summed E-state index contributed by atoms with van der Waals surface area (Å²) in [7, 11) is 0. The molecular weight excluding hydrogens is 219 g/mol. The van der Waals surface area contributed by atoms with Gasteiger partial charge in [-0.3, -0.25) is 5.10 Å². The Morgan fingerprint density at radius 1 is 1.38 bits per heavy atom. The highest BCUT2D eigenvalue weighted by Crippen LogP contribution is 2.51. The highest BCUT2D eigenvalue weighted by molar-refractivity contribution is 5.35. The van der Waals surface area contributed by atoms with Crippen molar-refractivity contribution in [2.24, 2.45) is 5.73 Å². The molecule has 0 spiro atoms. The van der Waals surface area contributed by atoms with E-state index in [0.29, 0.717) is 0 Å². The van der Waals surface area contributed by atoms with Gasteiger partial charge in [0.2, 0.25) is 0 Å². The molecule has 0 radical (unpaired) electrons. The normalized spacial score (nSPS) is 19.9. The van der Waals surface area contributed by atoms with Gasteiger partial charge in [-0.15, -0.1) is 0 Å². The van der Waals surface area contributed by atoms with Crippen molar-refractivity contribution in [1.29, 1.82) is 0 Å². The third kappa shape index (κ3) is 1.52. The largest absolute Gasteiger partial charge is 0.433 e. The molecule has 0 unspecified atom stereocenters. The summed E-state index contributed by atoms with van der Waals surface area (Å²) >= 11 is 0. The topological polar surface area (TPSA) is 54.7 Å². The van der Waals surface area contributed by atoms with Gasteiger partial charge < -0.3 is 5.73 Å². The van der Waals surface area contributed by atoms with Crippen LogP contribution in [0.1, 0.15) is 37.9 Å². The first-order valence-electron chi connectivity index (χ1n) is 5.08. The van der Waals surface area contributed by atoms with E-state index in [-0.39, 0.29) is 5.56 Å². The van der Waals surface area contributed by atoms with E-state index >= 15 is 0 Å². The number of rotatable bonds is 2. The second-order valence-corrected chi connectivity index (χ2v) is 4.94. The summed E-state index contributed by atoms with van der Waals surface area (Å²) in [6, 6.07) is 0. The minimum Gasteiger partial charge on any atom is -0.324 e. The molecule has 2 rings (SSSR count). The molecule has 90 valence electrons. The van der Waals surface area contributed by atoms with E-state index in [1.54, 1.807) is 13.8 Å². The smallest absolute Gasteiger partial charge is 0.324 e. The van der Waals surface area contributed by atoms with E-state index in [0.717, 1.165) is 12.8 Å². The summed E-state index contributed by atoms with van der Waals surface area (Å²) in [6.45, 7) is 3.47. The predicted molar refractivity (Wildman–Crippen MR) is 52.8 cm³/mol. The maximum absolute atomic E-state index is 12.7. The van der Waals surface area contributed by atoms with Crippen molar-refractivity contribution < 1.29 is 13.2 Å². The van der Waals surface area contributed by atoms with Crippen LogP contribution in [0.25, 0.3) is 0 Å². The van der Waals surface area contributed by atoms with Crippen LogP contribution in [0.5, 0.6) is 0 Å². The number of nitrogens with zero attached hydrogens (tertiary/aromatic N) is 1. The Balaban J connectivity index is 2.45. The maximum atomic E-state index is 12.7. The van der Waals surface area contributed by atoms with Crippen molar-refractivity contribution in [1.82, 2.24) is 10.2 Å². The molecule has 16 heavy (non-hydrogen) atoms. The van der Waals surface area contributed by atoms with E-state index in [9.17, 15) is 13.2 Å². The Bertz CT molecular complexity index is 402. The number of alkyl halides is 3. The summed E-state index contributed by atoms with van der Waals surface area (Å²) in [5.41, 5.74) is 4.14. The molecule has 1 fully saturated rings. The van der Waals surface area contributed by atoms with Gasteiger partial charge in [0.1, 0.15) is 5.69 Å². The molecular formula is C10H14F3N3. The number of aromatic nitrogens is 2. The number of halogens is 3. The van der Waals surface area contributed by atoms with Crippen molar-refractivity contribution in [3.05, 3.63) is 17.5 Å². The first kappa shape index (κ1) is 11.4. The predicted octanol–water partition coefficient (Wildman–Crippen LogP) is 2.20. The summed E-state index contributed by atoms with van der Waals surface area (Å²) in [5.74, 6) is 0. The molecule has 1 aliphatic rings. The number of nitrogens with two attached hydrogens (primary N) is 1. The molecule has 0 saturated heterocycles. The molecule has 1 aromatic heterocycles. The van der Waals surface area contributed by atoms with E-state index in [1.165, 1.54) is 6.20 Å². The van der Waals surface area contributed by atoms with Crippen LogP contribution in [-0.2, 0) is 11.6 Å². The standard InChI is InChI=1S/C10H14F3N3/c1-8(2,9(14)3-4-9)6-5-15-16-7(6)10(11,12)13/h5H,3-4,14H2,1-2H3,(H,15,16). The first-order valence-corrected chi connectivity index (χ1v) is 5.08. The van der Waals surface area contributed by atoms with Crippen molar-refractivity contribution >= 4 is 0 Å². The van der Waals surface area contributed by atoms with Crippen LogP contribution >= 0.6 is 0 Å². The molecule has 0 amide bonds. The van der Waals surface area contributed by atoms with Crippen LogP contribution < -0.4 is 5.73 Å². The average molecular weight is 233 g/mol. The van der Waals surface area contributed by atoms with Gasteiger partial charge in [0, 0.05) is 16.5 Å². The lowest BCUT2D eigenvalue weighted by Crippen LogP contribution is -2.44. The summed E-state index contributed by atoms with van der Waals surface area (Å²) in [6.07, 6.45) is -1.67. The molecule has 0 bridgehead atoms. The lowest BCUT2D eigenvalue weighted by Gasteiger charge is -2.32. The molecule has 6 heteroatoms. The molecule has 1 aliphatic carbocycles. The zero-order valence-electron chi connectivity index (χ0n) is 9.15. The quantitative estimate of drug-likeness (QED) is 0.822. The number of H-pyrrole nitrogens is 1. The Kier molecular flexibility index (Phi) is 2.15. The molecule has 1 heterocycles. The first-order chi connectivity index (χ1) is 7.18. The summed E-state index contributed by atoms with van der Waals surface area (Å²) in [5, 5.41) is 5.52. The van der Waals surface area contributed by atoms with Crippen molar-refractivity contribution in [2.75, 3.05) is 0 Å². The lowest BCUT2D eigenvalue weighted by molar-refractivity contribution is -0.142. The zero-order chi connectivity index (χ0) is 12.2. The molecule has 1 aromatic rings. The third-order valence-electron chi connectivity index (χ3n) is 3.63. The second kappa shape index (κ2) is 3.00. The fraction of sp³-hybridized carbons (Fsp3) is 0.700. The van der Waals surface area contributed by atoms with Gasteiger partial charge in [0.15, 0.2) is 0 Å². The van der Waals surface area contributed by atoms with Crippen LogP contribution in [0.15, 0.2) is 6.20 Å². The molecule has 0 aliphatic heterocycles. The second-order valence-electron chi connectivity index (χ2n) is 4.94. The van der Waals surface area contributed by atoms with Gasteiger partial charge in [0.25, 0.3) is 0 Å². The SMILES string of the molecule is CC(C)(c1cn[nH]c1C(F)(F)F)C1(N)CC1. The lowest BCUT2D eigenvalue weighted by atomic mass is 9.76. The van der Waals surface area contributed by atoms with E-state index < -0.39 is 22.8 Å². The van der Waals surface area contributed by atoms with Gasteiger partial charge in [0.05, 0.1) is 6.20 Å². The van der Waals surface area contributed by atoms with Crippen LogP contribution in [0, 0.1) is 0 Å². The van der Waals surface area contributed by atoms with Gasteiger partial charge in [-0.1, -0.05) is 13.8 Å². The minimum atomic E-state index is -4.41. The Morgan fingerprint density at radius 3 is 2.38 bits per heavy atom. The van der Waals surface area contributed by atoms with Gasteiger partial charge >= 0.3 is 6.18 Å². The van der Waals surface area contributed by atoms with Crippen LogP contribution in [-0.4, -0.2) is 15.7 Å². The summed E-state index contributed by atoms with van der Waals surface area (Å²) in [4.78, 5) is 0. The monoisotopic (exact) mass is 233 g/mol. The average Bonchev–Trinajstić information content (AvgIpc) is 2.71. The number of hydrogen-bond acceptors (Lipinski definition) is 2. The fourth-order valence-electron chi connectivity index (χ4n) is 2.00. The van der Waals surface area contributed by atoms with Gasteiger partial charge in [-0.05, 0) is 12.8 Å². The number of aromatic amines is 1. The van der Waals surface area contributed by atoms with Crippen molar-refractivity contribution in [3.8, 4) is 0 Å². The van der Waals surface area contributed by atoms with Crippen molar-refractivity contribution in [3.63, 3.8) is 0 Å². The Labute approximate surface area is 91.2 Å². The minimum absolute atomic E-state index is 0.153. The Hall–Kier alpha value is -1.04. The third-order valence-corrected chi connectivity index (χ3v) is 3.63. The van der Waals surface area contributed by atoms with E-state index in [2.05, 4.69) is 5.10 Å². The van der Waals surface area contributed by atoms with Crippen LogP contribution in [0.4, 0.5) is 13.2 Å². The van der Waals surface area contributed by atoms with Crippen molar-refractivity contribution in [2.45, 2.75) is 43.8 Å². The van der Waals surface area contributed by atoms with Gasteiger partial charge in [-0.2, -0.15) is 18.3 Å². The zero-order valence-corrected chi connectivity index (χ0v) is 9.15.